The zero-order chi connectivity index (χ0) is 34.6. The predicted octanol–water partition coefficient (Wildman–Crippen LogP) is 9.53. The van der Waals surface area contributed by atoms with E-state index in [1.165, 1.54) is 0 Å². The van der Waals surface area contributed by atoms with Gasteiger partial charge >= 0.3 is 28.4 Å². The SMILES string of the molecule is C1=Cc2nc1c(-c1ccccc1)c1ccc([n-]1)c(-c1ccccc1)c1nc(c(-c3ccccc3)c3ccc([n-]3)c2-c2ccccc2)C=C1.[O]=[Sb][OH]. The Balaban J connectivity index is 0.00000121. The molecular weight excluding hydrogens is 738 g/mol. The Morgan fingerprint density at radius 1 is 0.373 bits per heavy atom. The first-order valence-corrected chi connectivity index (χ1v) is 18.6. The summed E-state index contributed by atoms with van der Waals surface area (Å²) in [6.45, 7) is 0. The molecule has 244 valence electrons. The topological polar surface area (TPSA) is 91.3 Å². The van der Waals surface area contributed by atoms with E-state index in [-0.39, 0.29) is 0 Å². The van der Waals surface area contributed by atoms with E-state index in [0.29, 0.717) is 0 Å². The van der Waals surface area contributed by atoms with Gasteiger partial charge in [0.05, 0.1) is 22.8 Å². The third kappa shape index (κ3) is 6.43. The summed E-state index contributed by atoms with van der Waals surface area (Å²) < 4.78 is 15.8. The van der Waals surface area contributed by atoms with Gasteiger partial charge in [-0.1, -0.05) is 146 Å². The Hall–Kier alpha value is -5.94. The number of aromatic nitrogens is 4. The van der Waals surface area contributed by atoms with Crippen molar-refractivity contribution in [1.82, 2.24) is 19.9 Å². The van der Waals surface area contributed by atoms with Crippen LogP contribution in [-0.2, 0) is 3.02 Å². The fourth-order valence-corrected chi connectivity index (χ4v) is 6.69. The van der Waals surface area contributed by atoms with Gasteiger partial charge in [-0.05, 0) is 68.8 Å². The minimum absolute atomic E-state index is 0.861. The number of hydrogen-bond donors (Lipinski definition) is 1. The van der Waals surface area contributed by atoms with Crippen LogP contribution in [0.1, 0.15) is 22.8 Å². The maximum absolute atomic E-state index is 8.64. The summed E-state index contributed by atoms with van der Waals surface area (Å²) >= 11 is -1.90. The molecule has 0 unspecified atom stereocenters. The molecule has 0 amide bonds. The summed E-state index contributed by atoms with van der Waals surface area (Å²) in [6, 6.07) is 50.0. The minimum atomic E-state index is -1.90. The molecule has 7 heteroatoms. The molecule has 7 aromatic rings. The van der Waals surface area contributed by atoms with Gasteiger partial charge in [-0.2, -0.15) is 0 Å². The zero-order valence-electron chi connectivity index (χ0n) is 27.3. The number of hydrogen-bond acceptors (Lipinski definition) is 3. The first-order valence-electron chi connectivity index (χ1n) is 16.5. The molecule has 51 heavy (non-hydrogen) atoms. The molecule has 0 atom stereocenters. The second-order valence-electron chi connectivity index (χ2n) is 11.9. The first kappa shape index (κ1) is 32.3. The molecule has 0 saturated carbocycles. The molecule has 9 rings (SSSR count). The number of benzene rings is 4. The second-order valence-corrected chi connectivity index (χ2v) is 12.4. The Labute approximate surface area is 306 Å². The summed E-state index contributed by atoms with van der Waals surface area (Å²) in [5.74, 6) is 0. The molecule has 5 heterocycles. The van der Waals surface area contributed by atoms with Crippen LogP contribution < -0.4 is 9.97 Å². The molecule has 8 bridgehead atoms. The average molecular weight is 768 g/mol. The molecular formula is C44H29N4O2Sb-2. The standard InChI is InChI=1S/C44H28N4.H2O.O.Sb/c1-5-13-29(14-6-1)41-33-21-23-35(45-33)42(30-15-7-2-8-16-30)37-25-27-39(47-37)44(32-19-11-4-12-20-32)40-28-26-38(48-40)43(31-17-9-3-10-18-31)36-24-22-34(41)46-36;;;/h1-28H;1H2;;/q-2;;;+1/p-1. The number of rotatable bonds is 4. The van der Waals surface area contributed by atoms with Crippen molar-refractivity contribution in [2.24, 2.45) is 0 Å². The van der Waals surface area contributed by atoms with Crippen molar-refractivity contribution in [1.29, 1.82) is 0 Å². The van der Waals surface area contributed by atoms with E-state index in [4.69, 9.17) is 26.3 Å². The van der Waals surface area contributed by atoms with Crippen molar-refractivity contribution in [3.63, 3.8) is 0 Å². The second kappa shape index (κ2) is 14.5. The third-order valence-electron chi connectivity index (χ3n) is 8.86. The molecule has 6 nitrogen and oxygen atoms in total. The molecule has 0 saturated heterocycles. The van der Waals surface area contributed by atoms with Crippen molar-refractivity contribution in [3.8, 4) is 44.5 Å². The van der Waals surface area contributed by atoms with Crippen molar-refractivity contribution < 1.29 is 6.40 Å². The van der Waals surface area contributed by atoms with Crippen molar-refractivity contribution in [3.05, 3.63) is 168 Å². The normalized spacial score (nSPS) is 11.5. The Kier molecular flexibility index (Phi) is 9.18. The van der Waals surface area contributed by atoms with E-state index in [9.17, 15) is 0 Å². The molecule has 1 N–H and O–H groups in total. The Bertz CT molecular complexity index is 2250. The fraction of sp³-hybridized carbons (Fsp3) is 0. The fourth-order valence-electron chi connectivity index (χ4n) is 6.69. The number of nitrogens with zero attached hydrogens (tertiary/aromatic N) is 4. The summed E-state index contributed by atoms with van der Waals surface area (Å²) in [6.07, 6.45) is 8.41. The van der Waals surface area contributed by atoms with Crippen molar-refractivity contribution >= 4 is 68.4 Å². The van der Waals surface area contributed by atoms with Crippen LogP contribution in [0.2, 0.25) is 0 Å². The van der Waals surface area contributed by atoms with Gasteiger partial charge in [0, 0.05) is 0 Å². The summed E-state index contributed by atoms with van der Waals surface area (Å²) in [5.41, 5.74) is 15.0. The van der Waals surface area contributed by atoms with E-state index >= 15 is 0 Å². The van der Waals surface area contributed by atoms with Crippen LogP contribution in [0.15, 0.2) is 146 Å². The molecule has 0 fully saturated rings. The monoisotopic (exact) mass is 766 g/mol. The van der Waals surface area contributed by atoms with Crippen LogP contribution in [0.3, 0.4) is 0 Å². The van der Waals surface area contributed by atoms with Crippen LogP contribution >= 0.6 is 0 Å². The zero-order valence-corrected chi connectivity index (χ0v) is 29.8. The molecule has 2 aliphatic rings. The van der Waals surface area contributed by atoms with Gasteiger partial charge < -0.3 is 9.97 Å². The predicted molar refractivity (Wildman–Crippen MR) is 207 cm³/mol. The van der Waals surface area contributed by atoms with Crippen LogP contribution in [0, 0.1) is 0 Å². The van der Waals surface area contributed by atoms with Gasteiger partial charge in [0.1, 0.15) is 0 Å². The van der Waals surface area contributed by atoms with Crippen molar-refractivity contribution in [2.75, 3.05) is 0 Å². The molecule has 3 aromatic heterocycles. The molecule has 0 aliphatic carbocycles. The molecule has 0 radical (unpaired) electrons. The van der Waals surface area contributed by atoms with E-state index < -0.39 is 22.0 Å². The molecule has 0 spiro atoms. The van der Waals surface area contributed by atoms with Crippen LogP contribution in [0.5, 0.6) is 0 Å². The van der Waals surface area contributed by atoms with Crippen LogP contribution in [0.4, 0.5) is 0 Å². The van der Waals surface area contributed by atoms with Crippen molar-refractivity contribution in [2.45, 2.75) is 0 Å². The van der Waals surface area contributed by atoms with E-state index in [2.05, 4.69) is 146 Å². The Morgan fingerprint density at radius 3 is 0.804 bits per heavy atom. The van der Waals surface area contributed by atoms with Gasteiger partial charge in [-0.3, -0.25) is 0 Å². The van der Waals surface area contributed by atoms with E-state index in [0.717, 1.165) is 89.4 Å². The quantitative estimate of drug-likeness (QED) is 0.180. The van der Waals surface area contributed by atoms with Gasteiger partial charge in [-0.25, -0.2) is 9.97 Å². The summed E-state index contributed by atoms with van der Waals surface area (Å²) in [4.78, 5) is 21.2. The molecule has 2 aliphatic heterocycles. The molecule has 4 aromatic carbocycles. The van der Waals surface area contributed by atoms with Gasteiger partial charge in [0.15, 0.2) is 0 Å². The van der Waals surface area contributed by atoms with E-state index in [1.54, 1.807) is 0 Å². The number of fused-ring (bicyclic) bond motifs is 8. The van der Waals surface area contributed by atoms with E-state index in [1.807, 2.05) is 24.3 Å². The maximum atomic E-state index is 8.64. The first-order chi connectivity index (χ1) is 25.2. The Morgan fingerprint density at radius 2 is 0.588 bits per heavy atom. The van der Waals surface area contributed by atoms with Gasteiger partial charge in [-0.15, -0.1) is 22.1 Å². The summed E-state index contributed by atoms with van der Waals surface area (Å²) in [7, 11) is 0. The average Bonchev–Trinajstić information content (AvgIpc) is 4.02. The van der Waals surface area contributed by atoms with Gasteiger partial charge in [0.2, 0.25) is 0 Å². The van der Waals surface area contributed by atoms with Crippen LogP contribution in [-0.4, -0.2) is 35.4 Å². The van der Waals surface area contributed by atoms with Crippen LogP contribution in [0.25, 0.3) is 90.9 Å². The third-order valence-corrected chi connectivity index (χ3v) is 8.86. The summed E-state index contributed by atoms with van der Waals surface area (Å²) in [5, 5.41) is 0. The van der Waals surface area contributed by atoms with Gasteiger partial charge in [0.25, 0.3) is 0 Å².